The molecule has 0 saturated carbocycles. The van der Waals surface area contributed by atoms with Crippen LogP contribution in [0, 0.1) is 23.6 Å². The molecule has 2 aliphatic heterocycles. The average molecular weight is 258 g/mol. The SMILES string of the molecule is Fc1ccc(C#CCO/N=C2\CN3CCC2C3)cc1. The van der Waals surface area contributed by atoms with Gasteiger partial charge < -0.3 is 4.84 Å². The Balaban J connectivity index is 1.49. The quantitative estimate of drug-likeness (QED) is 0.460. The van der Waals surface area contributed by atoms with Crippen molar-refractivity contribution in [2.75, 3.05) is 26.2 Å². The molecule has 2 fully saturated rings. The third-order valence-corrected chi connectivity index (χ3v) is 3.52. The molecule has 2 unspecified atom stereocenters. The highest BCUT2D eigenvalue weighted by atomic mass is 19.1. The Hall–Kier alpha value is -1.86. The summed E-state index contributed by atoms with van der Waals surface area (Å²) in [7, 11) is 0. The first-order chi connectivity index (χ1) is 9.31. The molecule has 2 aliphatic rings. The summed E-state index contributed by atoms with van der Waals surface area (Å²) in [6, 6.07) is 6.10. The third-order valence-electron chi connectivity index (χ3n) is 3.52. The Morgan fingerprint density at radius 2 is 2.21 bits per heavy atom. The summed E-state index contributed by atoms with van der Waals surface area (Å²) < 4.78 is 12.7. The summed E-state index contributed by atoms with van der Waals surface area (Å²) in [5.41, 5.74) is 1.93. The molecule has 2 saturated heterocycles. The van der Waals surface area contributed by atoms with Crippen molar-refractivity contribution in [1.82, 2.24) is 4.90 Å². The van der Waals surface area contributed by atoms with Gasteiger partial charge in [0.15, 0.2) is 6.61 Å². The predicted octanol–water partition coefficient (Wildman–Crippen LogP) is 1.89. The largest absolute Gasteiger partial charge is 0.383 e. The van der Waals surface area contributed by atoms with Crippen molar-refractivity contribution in [3.05, 3.63) is 35.6 Å². The molecule has 98 valence electrons. The van der Waals surface area contributed by atoms with Gasteiger partial charge in [-0.1, -0.05) is 17.0 Å². The van der Waals surface area contributed by atoms with Crippen LogP contribution in [0.3, 0.4) is 0 Å². The molecule has 2 atom stereocenters. The number of nitrogens with zero attached hydrogens (tertiary/aromatic N) is 2. The van der Waals surface area contributed by atoms with E-state index in [2.05, 4.69) is 21.9 Å². The van der Waals surface area contributed by atoms with Crippen molar-refractivity contribution in [2.45, 2.75) is 6.42 Å². The van der Waals surface area contributed by atoms with E-state index in [1.165, 1.54) is 25.1 Å². The van der Waals surface area contributed by atoms with E-state index in [-0.39, 0.29) is 12.4 Å². The first-order valence-corrected chi connectivity index (χ1v) is 6.47. The predicted molar refractivity (Wildman–Crippen MR) is 71.2 cm³/mol. The number of oxime groups is 1. The Kier molecular flexibility index (Phi) is 3.47. The van der Waals surface area contributed by atoms with Gasteiger partial charge in [0.05, 0.1) is 5.71 Å². The fourth-order valence-corrected chi connectivity index (χ4v) is 2.53. The van der Waals surface area contributed by atoms with Crippen molar-refractivity contribution in [3.63, 3.8) is 0 Å². The zero-order valence-corrected chi connectivity index (χ0v) is 10.6. The number of fused-ring (bicyclic) bond motifs is 2. The molecule has 0 aliphatic carbocycles. The lowest BCUT2D eigenvalue weighted by molar-refractivity contribution is 0.177. The summed E-state index contributed by atoms with van der Waals surface area (Å²) in [5, 5.41) is 4.16. The van der Waals surface area contributed by atoms with Gasteiger partial charge in [0, 0.05) is 24.6 Å². The van der Waals surface area contributed by atoms with E-state index in [1.807, 2.05) is 0 Å². The van der Waals surface area contributed by atoms with Crippen LogP contribution in [0.5, 0.6) is 0 Å². The van der Waals surface area contributed by atoms with Crippen molar-refractivity contribution < 1.29 is 9.23 Å². The smallest absolute Gasteiger partial charge is 0.177 e. The number of hydrogen-bond acceptors (Lipinski definition) is 3. The zero-order valence-electron chi connectivity index (χ0n) is 10.6. The highest BCUT2D eigenvalue weighted by Gasteiger charge is 2.35. The molecule has 1 aromatic rings. The van der Waals surface area contributed by atoms with E-state index in [4.69, 9.17) is 4.84 Å². The maximum atomic E-state index is 12.7. The van der Waals surface area contributed by atoms with E-state index in [0.29, 0.717) is 5.92 Å². The maximum absolute atomic E-state index is 12.7. The van der Waals surface area contributed by atoms with Crippen LogP contribution in [-0.2, 0) is 4.84 Å². The van der Waals surface area contributed by atoms with Crippen molar-refractivity contribution in [3.8, 4) is 11.8 Å². The second kappa shape index (κ2) is 5.41. The minimum absolute atomic E-state index is 0.250. The number of halogens is 1. The van der Waals surface area contributed by atoms with Gasteiger partial charge in [0.25, 0.3) is 0 Å². The van der Waals surface area contributed by atoms with E-state index in [1.54, 1.807) is 12.1 Å². The topological polar surface area (TPSA) is 24.8 Å². The molecule has 3 rings (SSSR count). The van der Waals surface area contributed by atoms with E-state index < -0.39 is 0 Å². The molecule has 2 heterocycles. The van der Waals surface area contributed by atoms with Gasteiger partial charge in [-0.25, -0.2) is 4.39 Å². The number of benzene rings is 1. The maximum Gasteiger partial charge on any atom is 0.177 e. The molecule has 1 aromatic carbocycles. The fourth-order valence-electron chi connectivity index (χ4n) is 2.53. The molecule has 2 bridgehead atoms. The summed E-state index contributed by atoms with van der Waals surface area (Å²) in [6.07, 6.45) is 1.20. The van der Waals surface area contributed by atoms with Gasteiger partial charge in [-0.3, -0.25) is 4.90 Å². The second-order valence-corrected chi connectivity index (χ2v) is 4.89. The van der Waals surface area contributed by atoms with E-state index in [9.17, 15) is 4.39 Å². The molecule has 19 heavy (non-hydrogen) atoms. The average Bonchev–Trinajstić information content (AvgIpc) is 3.03. The van der Waals surface area contributed by atoms with Crippen LogP contribution < -0.4 is 0 Å². The molecule has 0 radical (unpaired) electrons. The molecule has 3 nitrogen and oxygen atoms in total. The van der Waals surface area contributed by atoms with Crippen molar-refractivity contribution >= 4 is 5.71 Å². The van der Waals surface area contributed by atoms with Crippen LogP contribution in [0.25, 0.3) is 0 Å². The number of piperidine rings is 1. The third kappa shape index (κ3) is 2.94. The Morgan fingerprint density at radius 1 is 1.37 bits per heavy atom. The standard InChI is InChI=1S/C15H15FN2O/c16-14-5-3-12(4-6-14)2-1-9-19-17-15-11-18-8-7-13(15)10-18/h3-6,13H,7-11H2/b17-15+. The van der Waals surface area contributed by atoms with Crippen LogP contribution in [0.15, 0.2) is 29.4 Å². The minimum atomic E-state index is -0.250. The molecule has 0 aromatic heterocycles. The van der Waals surface area contributed by atoms with Gasteiger partial charge in [-0.15, -0.1) is 0 Å². The van der Waals surface area contributed by atoms with E-state index >= 15 is 0 Å². The van der Waals surface area contributed by atoms with E-state index in [0.717, 1.165) is 24.4 Å². The highest BCUT2D eigenvalue weighted by Crippen LogP contribution is 2.25. The van der Waals surface area contributed by atoms with Gasteiger partial charge in [-0.05, 0) is 37.2 Å². The Bertz CT molecular complexity index is 542. The molecule has 0 N–H and O–H groups in total. The first kappa shape index (κ1) is 12.2. The van der Waals surface area contributed by atoms with Gasteiger partial charge in [-0.2, -0.15) is 0 Å². The minimum Gasteiger partial charge on any atom is -0.383 e. The van der Waals surface area contributed by atoms with Gasteiger partial charge in [0.2, 0.25) is 0 Å². The lowest BCUT2D eigenvalue weighted by Crippen LogP contribution is -2.23. The molecular formula is C15H15FN2O. The summed E-state index contributed by atoms with van der Waals surface area (Å²) in [5.74, 6) is 6.12. The summed E-state index contributed by atoms with van der Waals surface area (Å²) in [6.45, 7) is 3.53. The molecule has 0 amide bonds. The lowest BCUT2D eigenvalue weighted by atomic mass is 10.0. The van der Waals surface area contributed by atoms with Gasteiger partial charge in [0.1, 0.15) is 5.82 Å². The molecule has 0 spiro atoms. The fraction of sp³-hybridized carbons (Fsp3) is 0.400. The van der Waals surface area contributed by atoms with Crippen LogP contribution in [-0.4, -0.2) is 36.9 Å². The zero-order chi connectivity index (χ0) is 13.1. The lowest BCUT2D eigenvalue weighted by Gasteiger charge is -2.12. The summed E-state index contributed by atoms with van der Waals surface area (Å²) >= 11 is 0. The number of rotatable bonds is 2. The molecular weight excluding hydrogens is 243 g/mol. The molecule has 4 heteroatoms. The monoisotopic (exact) mass is 258 g/mol. The summed E-state index contributed by atoms with van der Waals surface area (Å²) in [4.78, 5) is 7.62. The van der Waals surface area contributed by atoms with Gasteiger partial charge >= 0.3 is 0 Å². The normalized spacial score (nSPS) is 26.3. The number of hydrogen-bond donors (Lipinski definition) is 0. The van der Waals surface area contributed by atoms with Crippen molar-refractivity contribution in [2.24, 2.45) is 11.1 Å². The second-order valence-electron chi connectivity index (χ2n) is 4.89. The van der Waals surface area contributed by atoms with Crippen LogP contribution >= 0.6 is 0 Å². The van der Waals surface area contributed by atoms with Crippen LogP contribution in [0.4, 0.5) is 4.39 Å². The highest BCUT2D eigenvalue weighted by molar-refractivity contribution is 5.91. The van der Waals surface area contributed by atoms with Crippen LogP contribution in [0.2, 0.25) is 0 Å². The van der Waals surface area contributed by atoms with Crippen molar-refractivity contribution in [1.29, 1.82) is 0 Å². The Morgan fingerprint density at radius 3 is 2.89 bits per heavy atom. The van der Waals surface area contributed by atoms with Crippen LogP contribution in [0.1, 0.15) is 12.0 Å². The first-order valence-electron chi connectivity index (χ1n) is 6.47. The Labute approximate surface area is 112 Å².